The van der Waals surface area contributed by atoms with Gasteiger partial charge in [0.15, 0.2) is 5.16 Å². The normalized spacial score (nSPS) is 16.8. The Bertz CT molecular complexity index is 645. The highest BCUT2D eigenvalue weighted by molar-refractivity contribution is 8.00. The van der Waals surface area contributed by atoms with E-state index in [9.17, 15) is 4.79 Å². The third kappa shape index (κ3) is 4.55. The van der Waals surface area contributed by atoms with Gasteiger partial charge >= 0.3 is 0 Å². The van der Waals surface area contributed by atoms with Gasteiger partial charge in [-0.05, 0) is 18.6 Å². The molecule has 0 N–H and O–H groups in total. The van der Waals surface area contributed by atoms with Crippen LogP contribution in [0.15, 0.2) is 53.9 Å². The fourth-order valence-corrected chi connectivity index (χ4v) is 3.59. The van der Waals surface area contributed by atoms with Gasteiger partial charge in [-0.15, -0.1) is 0 Å². The molecule has 5 nitrogen and oxygen atoms in total. The minimum Gasteiger partial charge on any atom is -0.339 e. The molecule has 1 fully saturated rings. The van der Waals surface area contributed by atoms with Crippen LogP contribution in [-0.4, -0.2) is 57.1 Å². The molecule has 1 atom stereocenters. The molecule has 0 saturated carbocycles. The second-order valence-electron chi connectivity index (χ2n) is 5.88. The molecule has 1 aliphatic heterocycles. The number of hydrogen-bond donors (Lipinski definition) is 0. The maximum atomic E-state index is 12.6. The van der Waals surface area contributed by atoms with Crippen LogP contribution in [0, 0.1) is 0 Å². The van der Waals surface area contributed by atoms with Crippen LogP contribution in [0.25, 0.3) is 0 Å². The quantitative estimate of drug-likeness (QED) is 0.616. The minimum absolute atomic E-state index is 0.159. The summed E-state index contributed by atoms with van der Waals surface area (Å²) in [6, 6.07) is 12.3. The highest BCUT2D eigenvalue weighted by atomic mass is 32.2. The molecule has 1 amide bonds. The zero-order valence-electron chi connectivity index (χ0n) is 13.8. The molecule has 6 heteroatoms. The predicted octanol–water partition coefficient (Wildman–Crippen LogP) is 2.30. The van der Waals surface area contributed by atoms with Crippen LogP contribution in [0.5, 0.6) is 0 Å². The average molecular weight is 342 g/mol. The number of piperazine rings is 1. The standard InChI is InChI=1S/C18H22N4OS/c1-15(24-18-19-8-5-9-20-18)17(23)22-12-10-21(11-13-22)14-16-6-3-2-4-7-16/h2-9,15H,10-14H2,1H3. The molecule has 1 aromatic heterocycles. The van der Waals surface area contributed by atoms with Crippen molar-refractivity contribution in [3.8, 4) is 0 Å². The smallest absolute Gasteiger partial charge is 0.235 e. The molecular weight excluding hydrogens is 320 g/mol. The Morgan fingerprint density at radius 2 is 1.75 bits per heavy atom. The fourth-order valence-electron chi connectivity index (χ4n) is 2.78. The van der Waals surface area contributed by atoms with E-state index in [0.29, 0.717) is 5.16 Å². The lowest BCUT2D eigenvalue weighted by molar-refractivity contribution is -0.132. The minimum atomic E-state index is -0.159. The van der Waals surface area contributed by atoms with Crippen LogP contribution in [0.1, 0.15) is 12.5 Å². The number of rotatable bonds is 5. The summed E-state index contributed by atoms with van der Waals surface area (Å²) < 4.78 is 0. The predicted molar refractivity (Wildman–Crippen MR) is 95.7 cm³/mol. The van der Waals surface area contributed by atoms with Crippen molar-refractivity contribution in [3.05, 3.63) is 54.4 Å². The van der Waals surface area contributed by atoms with E-state index in [2.05, 4.69) is 39.1 Å². The summed E-state index contributed by atoms with van der Waals surface area (Å²) in [4.78, 5) is 25.3. The lowest BCUT2D eigenvalue weighted by atomic mass is 10.2. The molecule has 24 heavy (non-hydrogen) atoms. The van der Waals surface area contributed by atoms with E-state index in [1.807, 2.05) is 17.9 Å². The summed E-state index contributed by atoms with van der Waals surface area (Å²) in [5.41, 5.74) is 1.32. The molecule has 1 saturated heterocycles. The van der Waals surface area contributed by atoms with Gasteiger partial charge in [-0.25, -0.2) is 9.97 Å². The Kier molecular flexibility index (Phi) is 5.82. The number of hydrogen-bond acceptors (Lipinski definition) is 5. The van der Waals surface area contributed by atoms with E-state index in [4.69, 9.17) is 0 Å². The van der Waals surface area contributed by atoms with Crippen molar-refractivity contribution >= 4 is 17.7 Å². The van der Waals surface area contributed by atoms with Crippen LogP contribution in [0.4, 0.5) is 0 Å². The van der Waals surface area contributed by atoms with Crippen LogP contribution in [0.2, 0.25) is 0 Å². The molecule has 0 aliphatic carbocycles. The fraction of sp³-hybridized carbons (Fsp3) is 0.389. The van der Waals surface area contributed by atoms with E-state index in [1.165, 1.54) is 17.3 Å². The van der Waals surface area contributed by atoms with Gasteiger partial charge in [0.2, 0.25) is 5.91 Å². The number of carbonyl (C=O) groups excluding carboxylic acids is 1. The maximum absolute atomic E-state index is 12.6. The largest absolute Gasteiger partial charge is 0.339 e. The number of thioether (sulfide) groups is 1. The van der Waals surface area contributed by atoms with Crippen molar-refractivity contribution in [2.45, 2.75) is 23.9 Å². The lowest BCUT2D eigenvalue weighted by Crippen LogP contribution is -2.50. The van der Waals surface area contributed by atoms with Crippen LogP contribution >= 0.6 is 11.8 Å². The Labute approximate surface area is 147 Å². The molecular formula is C18H22N4OS. The van der Waals surface area contributed by atoms with E-state index >= 15 is 0 Å². The van der Waals surface area contributed by atoms with Gasteiger partial charge in [-0.2, -0.15) is 0 Å². The summed E-state index contributed by atoms with van der Waals surface area (Å²) in [5, 5.41) is 0.495. The van der Waals surface area contributed by atoms with E-state index in [1.54, 1.807) is 18.5 Å². The maximum Gasteiger partial charge on any atom is 0.235 e. The summed E-state index contributed by atoms with van der Waals surface area (Å²) in [6.07, 6.45) is 3.41. The van der Waals surface area contributed by atoms with Crippen molar-refractivity contribution in [2.75, 3.05) is 26.2 Å². The van der Waals surface area contributed by atoms with Gasteiger partial charge in [0.05, 0.1) is 5.25 Å². The zero-order valence-corrected chi connectivity index (χ0v) is 14.7. The second-order valence-corrected chi connectivity index (χ2v) is 7.19. The van der Waals surface area contributed by atoms with Gasteiger partial charge in [-0.1, -0.05) is 42.1 Å². The van der Waals surface area contributed by atoms with Crippen molar-refractivity contribution in [1.29, 1.82) is 0 Å². The molecule has 0 spiro atoms. The Morgan fingerprint density at radius 3 is 2.42 bits per heavy atom. The summed E-state index contributed by atoms with van der Waals surface area (Å²) in [5.74, 6) is 0.173. The molecule has 0 bridgehead atoms. The SMILES string of the molecule is CC(Sc1ncccn1)C(=O)N1CCN(Cc2ccccc2)CC1. The average Bonchev–Trinajstić information content (AvgIpc) is 2.63. The van der Waals surface area contributed by atoms with Gasteiger partial charge in [0.25, 0.3) is 0 Å². The van der Waals surface area contributed by atoms with Gasteiger partial charge in [-0.3, -0.25) is 9.69 Å². The highest BCUT2D eigenvalue weighted by Gasteiger charge is 2.26. The van der Waals surface area contributed by atoms with Crippen molar-refractivity contribution < 1.29 is 4.79 Å². The van der Waals surface area contributed by atoms with E-state index in [-0.39, 0.29) is 11.2 Å². The lowest BCUT2D eigenvalue weighted by Gasteiger charge is -2.35. The molecule has 1 unspecified atom stereocenters. The zero-order chi connectivity index (χ0) is 16.8. The topological polar surface area (TPSA) is 49.3 Å². The number of aromatic nitrogens is 2. The highest BCUT2D eigenvalue weighted by Crippen LogP contribution is 2.21. The molecule has 3 rings (SSSR count). The first-order valence-electron chi connectivity index (χ1n) is 8.21. The molecule has 2 aromatic rings. The van der Waals surface area contributed by atoms with Crippen LogP contribution in [0.3, 0.4) is 0 Å². The molecule has 0 radical (unpaired) electrons. The van der Waals surface area contributed by atoms with Gasteiger partial charge in [0, 0.05) is 45.1 Å². The summed E-state index contributed by atoms with van der Waals surface area (Å²) in [6.45, 7) is 6.28. The van der Waals surface area contributed by atoms with Crippen molar-refractivity contribution in [1.82, 2.24) is 19.8 Å². The second kappa shape index (κ2) is 8.26. The number of amides is 1. The first-order chi connectivity index (χ1) is 11.7. The van der Waals surface area contributed by atoms with Gasteiger partial charge in [0.1, 0.15) is 0 Å². The third-order valence-electron chi connectivity index (χ3n) is 4.11. The third-order valence-corrected chi connectivity index (χ3v) is 5.08. The van der Waals surface area contributed by atoms with Crippen molar-refractivity contribution in [2.24, 2.45) is 0 Å². The molecule has 2 heterocycles. The van der Waals surface area contributed by atoms with E-state index in [0.717, 1.165) is 32.7 Å². The Balaban J connectivity index is 1.48. The summed E-state index contributed by atoms with van der Waals surface area (Å²) >= 11 is 1.42. The number of carbonyl (C=O) groups is 1. The number of benzene rings is 1. The summed E-state index contributed by atoms with van der Waals surface area (Å²) in [7, 11) is 0. The molecule has 1 aromatic carbocycles. The van der Waals surface area contributed by atoms with E-state index < -0.39 is 0 Å². The monoisotopic (exact) mass is 342 g/mol. The number of nitrogens with zero attached hydrogens (tertiary/aromatic N) is 4. The first-order valence-corrected chi connectivity index (χ1v) is 9.09. The Morgan fingerprint density at radius 1 is 1.08 bits per heavy atom. The van der Waals surface area contributed by atoms with Crippen molar-refractivity contribution in [3.63, 3.8) is 0 Å². The van der Waals surface area contributed by atoms with Crippen LogP contribution < -0.4 is 0 Å². The van der Waals surface area contributed by atoms with Gasteiger partial charge < -0.3 is 4.90 Å². The first kappa shape index (κ1) is 16.9. The molecule has 1 aliphatic rings. The Hall–Kier alpha value is -1.92. The van der Waals surface area contributed by atoms with Crippen LogP contribution in [-0.2, 0) is 11.3 Å². The molecule has 126 valence electrons.